The summed E-state index contributed by atoms with van der Waals surface area (Å²) < 4.78 is 76.9. The molecule has 152 valence electrons. The van der Waals surface area contributed by atoms with Crippen molar-refractivity contribution in [3.8, 4) is 0 Å². The van der Waals surface area contributed by atoms with E-state index in [0.29, 0.717) is 12.8 Å². The topological polar surface area (TPSA) is 61.4 Å². The average Bonchev–Trinajstić information content (AvgIpc) is 2.59. The average molecular weight is 409 g/mol. The minimum Gasteiger partial charge on any atom is -0.598 e. The highest BCUT2D eigenvalue weighted by Crippen LogP contribution is 2.41. The normalized spacial score (nSPS) is 15.9. The molecule has 0 fully saturated rings. The number of unbranched alkanes of at least 4 members (excludes halogenated alkanes) is 1. The Morgan fingerprint density at radius 3 is 2.52 bits per heavy atom. The Bertz CT molecular complexity index is 672. The minimum absolute atomic E-state index is 0.0562. The summed E-state index contributed by atoms with van der Waals surface area (Å²) in [5, 5.41) is 0. The van der Waals surface area contributed by atoms with Gasteiger partial charge in [-0.25, -0.2) is 9.18 Å². The van der Waals surface area contributed by atoms with Crippen LogP contribution >= 0.6 is 0 Å². The molecule has 0 radical (unpaired) electrons. The van der Waals surface area contributed by atoms with Crippen LogP contribution in [0.3, 0.4) is 0 Å². The maximum atomic E-state index is 15.0. The molecule has 0 aliphatic carbocycles. The Morgan fingerprint density at radius 1 is 1.33 bits per heavy atom. The van der Waals surface area contributed by atoms with Crippen molar-refractivity contribution >= 4 is 17.3 Å². The molecule has 9 heteroatoms. The monoisotopic (exact) mass is 409 g/mol. The number of alkyl halides is 2. The number of hydrogen-bond acceptors (Lipinski definition) is 4. The quantitative estimate of drug-likeness (QED) is 0.273. The molecular formula is C18H23F4NO3S. The van der Waals surface area contributed by atoms with Crippen LogP contribution in [0.1, 0.15) is 39.2 Å². The summed E-state index contributed by atoms with van der Waals surface area (Å²) >= 11 is -1.94. The van der Waals surface area contributed by atoms with Gasteiger partial charge in [-0.1, -0.05) is 31.5 Å². The second-order valence-electron chi connectivity index (χ2n) is 5.95. The molecule has 27 heavy (non-hydrogen) atoms. The minimum atomic E-state index is -4.10. The number of nitrogens with one attached hydrogen (secondary N) is 1. The van der Waals surface area contributed by atoms with Gasteiger partial charge in [0.1, 0.15) is 11.6 Å². The number of carbonyl (C=O) groups excluding carboxylic acids is 1. The summed E-state index contributed by atoms with van der Waals surface area (Å²) in [6.45, 7) is 3.93. The van der Waals surface area contributed by atoms with E-state index in [-0.39, 0.29) is 18.4 Å². The van der Waals surface area contributed by atoms with Crippen LogP contribution in [0.15, 0.2) is 36.2 Å². The van der Waals surface area contributed by atoms with Crippen molar-refractivity contribution in [3.05, 3.63) is 47.5 Å². The van der Waals surface area contributed by atoms with Gasteiger partial charge in [0.25, 0.3) is 5.92 Å². The number of ether oxygens (including phenoxy) is 1. The molecule has 0 spiro atoms. The lowest BCUT2D eigenvalue weighted by Gasteiger charge is -2.36. The third kappa shape index (κ3) is 5.95. The fourth-order valence-electron chi connectivity index (χ4n) is 2.29. The van der Waals surface area contributed by atoms with Crippen LogP contribution in [0, 0.1) is 5.82 Å². The van der Waals surface area contributed by atoms with Gasteiger partial charge < -0.3 is 9.29 Å². The molecule has 0 aliphatic heterocycles. The van der Waals surface area contributed by atoms with E-state index in [2.05, 4.69) is 9.46 Å². The lowest BCUT2D eigenvalue weighted by molar-refractivity contribution is -0.140. The first-order valence-electron chi connectivity index (χ1n) is 8.43. The summed E-state index contributed by atoms with van der Waals surface area (Å²) in [6, 6.07) is 4.68. The first kappa shape index (κ1) is 23.5. The molecule has 0 bridgehead atoms. The lowest BCUT2D eigenvalue weighted by atomic mass is 9.85. The predicted molar refractivity (Wildman–Crippen MR) is 95.6 cm³/mol. The van der Waals surface area contributed by atoms with Crippen molar-refractivity contribution in [1.82, 2.24) is 4.72 Å². The number of benzene rings is 1. The van der Waals surface area contributed by atoms with E-state index >= 15 is 0 Å². The van der Waals surface area contributed by atoms with Crippen LogP contribution in [0.5, 0.6) is 0 Å². The highest BCUT2D eigenvalue weighted by Gasteiger charge is 2.55. The van der Waals surface area contributed by atoms with Gasteiger partial charge in [0.05, 0.1) is 6.61 Å². The maximum Gasteiger partial charge on any atom is 0.367 e. The van der Waals surface area contributed by atoms with Crippen LogP contribution < -0.4 is 4.72 Å². The van der Waals surface area contributed by atoms with Gasteiger partial charge >= 0.3 is 5.97 Å². The fraction of sp³-hybridized carbons (Fsp3) is 0.500. The maximum absolute atomic E-state index is 15.0. The Labute approximate surface area is 159 Å². The number of esters is 1. The van der Waals surface area contributed by atoms with Gasteiger partial charge in [0.15, 0.2) is 5.54 Å². The van der Waals surface area contributed by atoms with E-state index < -0.39 is 46.0 Å². The van der Waals surface area contributed by atoms with Crippen molar-refractivity contribution in [2.45, 2.75) is 45.1 Å². The van der Waals surface area contributed by atoms with Crippen LogP contribution in [-0.4, -0.2) is 28.8 Å². The largest absolute Gasteiger partial charge is 0.598 e. The van der Waals surface area contributed by atoms with E-state index in [4.69, 9.17) is 0 Å². The molecule has 1 rings (SSSR count). The third-order valence-corrected chi connectivity index (χ3v) is 5.15. The van der Waals surface area contributed by atoms with Crippen LogP contribution in [0.2, 0.25) is 0 Å². The summed E-state index contributed by atoms with van der Waals surface area (Å²) in [6.07, 6.45) is 0.935. The smallest absolute Gasteiger partial charge is 0.367 e. The van der Waals surface area contributed by atoms with Gasteiger partial charge in [-0.3, -0.25) is 0 Å². The SMILES string of the molecule is CCCC[S@@+]([O-])N[C@](C)(c1ccccc1F)C(F)(F)/C=C(\F)C(=O)OCC. The molecule has 1 aromatic rings. The van der Waals surface area contributed by atoms with Gasteiger partial charge in [0, 0.05) is 23.0 Å². The first-order valence-corrected chi connectivity index (χ1v) is 9.75. The van der Waals surface area contributed by atoms with Crippen LogP contribution in [-0.2, 0) is 26.4 Å². The standard InChI is InChI=1S/C18H23F4NO3S/c1-4-6-11-27(25)23-17(3,13-9-7-8-10-14(13)19)18(21,22)12-15(20)16(24)26-5-2/h7-10,12,23H,4-6,11H2,1-3H3/b15-12-/t17-,27-/m1/s1. The summed E-state index contributed by atoms with van der Waals surface area (Å²) in [7, 11) is 0. The number of rotatable bonds is 10. The number of carbonyl (C=O) groups is 1. The highest BCUT2D eigenvalue weighted by molar-refractivity contribution is 7.89. The van der Waals surface area contributed by atoms with Crippen molar-refractivity contribution in [2.75, 3.05) is 12.4 Å². The van der Waals surface area contributed by atoms with Crippen LogP contribution in [0.4, 0.5) is 17.6 Å². The van der Waals surface area contributed by atoms with Crippen molar-refractivity contribution in [3.63, 3.8) is 0 Å². The molecule has 0 saturated heterocycles. The van der Waals surface area contributed by atoms with Crippen molar-refractivity contribution in [1.29, 1.82) is 0 Å². The van der Waals surface area contributed by atoms with E-state index in [1.165, 1.54) is 19.1 Å². The summed E-state index contributed by atoms with van der Waals surface area (Å²) in [5.74, 6) is -8.40. The van der Waals surface area contributed by atoms with Gasteiger partial charge in [-0.15, -0.1) is 4.72 Å². The summed E-state index contributed by atoms with van der Waals surface area (Å²) in [5.41, 5.74) is -3.08. The first-order chi connectivity index (χ1) is 12.6. The van der Waals surface area contributed by atoms with Gasteiger partial charge in [-0.2, -0.15) is 13.2 Å². The van der Waals surface area contributed by atoms with Gasteiger partial charge in [0.2, 0.25) is 5.83 Å². The Hall–Kier alpha value is -1.58. The fourth-order valence-corrected chi connectivity index (χ4v) is 3.64. The highest BCUT2D eigenvalue weighted by atomic mass is 32.2. The Kier molecular flexibility index (Phi) is 8.77. The molecule has 0 aromatic heterocycles. The molecule has 0 aliphatic rings. The Balaban J connectivity index is 3.37. The van der Waals surface area contributed by atoms with E-state index in [1.54, 1.807) is 0 Å². The van der Waals surface area contributed by atoms with E-state index in [1.807, 2.05) is 6.92 Å². The number of halogens is 4. The molecule has 2 atom stereocenters. The van der Waals surface area contributed by atoms with Gasteiger partial charge in [-0.05, 0) is 26.3 Å². The zero-order valence-corrected chi connectivity index (χ0v) is 16.2. The number of hydrogen-bond donors (Lipinski definition) is 1. The molecule has 0 heterocycles. The second kappa shape index (κ2) is 10.1. The molecule has 0 amide bonds. The molecule has 1 N–H and O–H groups in total. The van der Waals surface area contributed by atoms with Crippen molar-refractivity contribution < 1.29 is 31.6 Å². The zero-order chi connectivity index (χ0) is 20.7. The summed E-state index contributed by atoms with van der Waals surface area (Å²) in [4.78, 5) is 11.4. The zero-order valence-electron chi connectivity index (χ0n) is 15.4. The van der Waals surface area contributed by atoms with Crippen molar-refractivity contribution in [2.24, 2.45) is 0 Å². The molecule has 4 nitrogen and oxygen atoms in total. The Morgan fingerprint density at radius 2 is 1.96 bits per heavy atom. The molecule has 0 unspecified atom stereocenters. The second-order valence-corrected chi connectivity index (χ2v) is 7.25. The third-order valence-electron chi connectivity index (χ3n) is 3.86. The lowest BCUT2D eigenvalue weighted by Crippen LogP contribution is -2.56. The van der Waals surface area contributed by atoms with E-state index in [9.17, 15) is 26.9 Å². The van der Waals surface area contributed by atoms with E-state index in [0.717, 1.165) is 19.1 Å². The molecular weight excluding hydrogens is 386 g/mol. The van der Waals surface area contributed by atoms with Crippen LogP contribution in [0.25, 0.3) is 0 Å². The predicted octanol–water partition coefficient (Wildman–Crippen LogP) is 4.15. The molecule has 1 aromatic carbocycles. The molecule has 0 saturated carbocycles.